The number of hydrogen-bond donors (Lipinski definition) is 0. The van der Waals surface area contributed by atoms with E-state index in [1.165, 1.54) is 16.4 Å². The summed E-state index contributed by atoms with van der Waals surface area (Å²) in [5.74, 6) is -0.455. The largest absolute Gasteiger partial charge is 0.534 e. The second kappa shape index (κ2) is 5.39. The highest BCUT2D eigenvalue weighted by atomic mass is 32.2. The zero-order chi connectivity index (χ0) is 16.8. The van der Waals surface area contributed by atoms with Gasteiger partial charge in [-0.05, 0) is 29.7 Å². The Labute approximate surface area is 125 Å². The van der Waals surface area contributed by atoms with Gasteiger partial charge < -0.3 is 4.18 Å². The number of alkyl halides is 3. The Morgan fingerprint density at radius 3 is 2.32 bits per heavy atom. The van der Waals surface area contributed by atoms with Crippen molar-refractivity contribution in [2.24, 2.45) is 0 Å². The number of benzene rings is 1. The average molecular weight is 359 g/mol. The van der Waals surface area contributed by atoms with Crippen LogP contribution >= 0.6 is 0 Å². The molecule has 1 aliphatic rings. The fraction of sp³-hybridized carbons (Fsp3) is 0.455. The lowest BCUT2D eigenvalue weighted by atomic mass is 10.0. The summed E-state index contributed by atoms with van der Waals surface area (Å²) in [7, 11) is -9.09. The molecular formula is C11H12F3NO5S2. The third-order valence-electron chi connectivity index (χ3n) is 3.11. The van der Waals surface area contributed by atoms with Gasteiger partial charge in [0, 0.05) is 13.1 Å². The van der Waals surface area contributed by atoms with Crippen molar-refractivity contribution >= 4 is 20.1 Å². The minimum Gasteiger partial charge on any atom is -0.376 e. The molecule has 0 fully saturated rings. The molecule has 1 aliphatic heterocycles. The molecule has 0 bridgehead atoms. The van der Waals surface area contributed by atoms with Crippen molar-refractivity contribution < 1.29 is 34.2 Å². The van der Waals surface area contributed by atoms with Crippen LogP contribution < -0.4 is 4.18 Å². The van der Waals surface area contributed by atoms with E-state index in [9.17, 15) is 30.0 Å². The van der Waals surface area contributed by atoms with Crippen molar-refractivity contribution in [1.82, 2.24) is 4.31 Å². The topological polar surface area (TPSA) is 80.8 Å². The van der Waals surface area contributed by atoms with Gasteiger partial charge in [-0.15, -0.1) is 0 Å². The molecule has 0 amide bonds. The quantitative estimate of drug-likeness (QED) is 0.599. The summed E-state index contributed by atoms with van der Waals surface area (Å²) in [6, 6.07) is 3.60. The van der Waals surface area contributed by atoms with Crippen molar-refractivity contribution in [3.8, 4) is 5.75 Å². The van der Waals surface area contributed by atoms with Crippen LogP contribution in [0, 0.1) is 0 Å². The lowest BCUT2D eigenvalue weighted by Gasteiger charge is -2.27. The van der Waals surface area contributed by atoms with Crippen LogP contribution in [0.5, 0.6) is 5.75 Å². The maximum absolute atomic E-state index is 12.3. The summed E-state index contributed by atoms with van der Waals surface area (Å²) < 4.78 is 86.8. The third-order valence-corrected chi connectivity index (χ3v) is 5.34. The second-order valence-corrected chi connectivity index (χ2v) is 8.28. The van der Waals surface area contributed by atoms with Gasteiger partial charge in [-0.1, -0.05) is 6.07 Å². The first-order chi connectivity index (χ1) is 9.90. The maximum atomic E-state index is 12.3. The molecule has 0 unspecified atom stereocenters. The van der Waals surface area contributed by atoms with Crippen LogP contribution in [0.3, 0.4) is 0 Å². The molecule has 2 rings (SSSR count). The van der Waals surface area contributed by atoms with Gasteiger partial charge in [0.1, 0.15) is 5.75 Å². The van der Waals surface area contributed by atoms with Gasteiger partial charge in [0.05, 0.1) is 6.26 Å². The highest BCUT2D eigenvalue weighted by Gasteiger charge is 2.48. The molecule has 0 saturated carbocycles. The van der Waals surface area contributed by atoms with E-state index >= 15 is 0 Å². The monoisotopic (exact) mass is 359 g/mol. The molecule has 0 atom stereocenters. The first kappa shape index (κ1) is 17.0. The molecule has 124 valence electrons. The molecule has 1 heterocycles. The molecule has 0 spiro atoms. The van der Waals surface area contributed by atoms with Crippen LogP contribution in [0.15, 0.2) is 18.2 Å². The molecule has 0 saturated heterocycles. The fourth-order valence-electron chi connectivity index (χ4n) is 2.01. The second-order valence-electron chi connectivity index (χ2n) is 4.76. The van der Waals surface area contributed by atoms with Gasteiger partial charge in [0.2, 0.25) is 10.0 Å². The van der Waals surface area contributed by atoms with Crippen molar-refractivity contribution in [2.75, 3.05) is 12.8 Å². The Morgan fingerprint density at radius 2 is 1.77 bits per heavy atom. The summed E-state index contributed by atoms with van der Waals surface area (Å²) in [6.07, 6.45) is 1.32. The highest BCUT2D eigenvalue weighted by Crippen LogP contribution is 2.30. The standard InChI is InChI=1S/C11H12F3NO5S2/c1-21(16,17)15-5-4-8-6-10(3-2-9(8)7-15)20-22(18,19)11(12,13)14/h2-3,6H,4-5,7H2,1H3. The van der Waals surface area contributed by atoms with Crippen molar-refractivity contribution in [3.63, 3.8) is 0 Å². The summed E-state index contributed by atoms with van der Waals surface area (Å²) in [6.45, 7) is 0.252. The highest BCUT2D eigenvalue weighted by molar-refractivity contribution is 7.88. The van der Waals surface area contributed by atoms with Crippen LogP contribution in [0.4, 0.5) is 13.2 Å². The first-order valence-corrected chi connectivity index (χ1v) is 9.23. The van der Waals surface area contributed by atoms with Crippen molar-refractivity contribution in [1.29, 1.82) is 0 Å². The Balaban J connectivity index is 2.25. The molecular weight excluding hydrogens is 347 g/mol. The lowest BCUT2D eigenvalue weighted by Crippen LogP contribution is -2.35. The SMILES string of the molecule is CS(=O)(=O)N1CCc2cc(OS(=O)(=O)C(F)(F)F)ccc2C1. The van der Waals surface area contributed by atoms with Gasteiger partial charge in [0.25, 0.3) is 0 Å². The van der Waals surface area contributed by atoms with Crippen LogP contribution in [-0.4, -0.2) is 39.4 Å². The third kappa shape index (κ3) is 3.52. The van der Waals surface area contributed by atoms with Crippen molar-refractivity contribution in [3.05, 3.63) is 29.3 Å². The average Bonchev–Trinajstić information content (AvgIpc) is 2.35. The molecule has 22 heavy (non-hydrogen) atoms. The van der Waals surface area contributed by atoms with Gasteiger partial charge in [-0.3, -0.25) is 0 Å². The van der Waals surface area contributed by atoms with Gasteiger partial charge >= 0.3 is 15.6 Å². The van der Waals surface area contributed by atoms with E-state index in [-0.39, 0.29) is 19.5 Å². The summed E-state index contributed by atoms with van der Waals surface area (Å²) in [5.41, 5.74) is -4.36. The van der Waals surface area contributed by atoms with Crippen molar-refractivity contribution in [2.45, 2.75) is 18.5 Å². The molecule has 0 radical (unpaired) electrons. The van der Waals surface area contributed by atoms with Crippen LogP contribution in [0.1, 0.15) is 11.1 Å². The molecule has 6 nitrogen and oxygen atoms in total. The maximum Gasteiger partial charge on any atom is 0.534 e. The molecule has 1 aromatic carbocycles. The molecule has 0 N–H and O–H groups in total. The van der Waals surface area contributed by atoms with E-state index in [0.717, 1.165) is 12.3 Å². The molecule has 11 heteroatoms. The van der Waals surface area contributed by atoms with Gasteiger partial charge in [0.15, 0.2) is 0 Å². The summed E-state index contributed by atoms with van der Waals surface area (Å²) >= 11 is 0. The van der Waals surface area contributed by atoms with E-state index < -0.39 is 31.4 Å². The number of rotatable bonds is 3. The van der Waals surface area contributed by atoms with Gasteiger partial charge in [-0.2, -0.15) is 25.9 Å². The predicted molar refractivity (Wildman–Crippen MR) is 71.0 cm³/mol. The number of sulfonamides is 1. The van der Waals surface area contributed by atoms with Crippen LogP contribution in [0.25, 0.3) is 0 Å². The fourth-order valence-corrected chi connectivity index (χ4v) is 3.26. The van der Waals surface area contributed by atoms with Crippen LogP contribution in [0.2, 0.25) is 0 Å². The smallest absolute Gasteiger partial charge is 0.376 e. The molecule has 0 aromatic heterocycles. The summed E-state index contributed by atoms with van der Waals surface area (Å²) in [4.78, 5) is 0. The Hall–Kier alpha value is -1.33. The Bertz CT molecular complexity index is 786. The van der Waals surface area contributed by atoms with E-state index in [0.29, 0.717) is 11.1 Å². The van der Waals surface area contributed by atoms with Gasteiger partial charge in [-0.25, -0.2) is 8.42 Å². The zero-order valence-corrected chi connectivity index (χ0v) is 12.9. The number of hydrogen-bond acceptors (Lipinski definition) is 5. The minimum atomic E-state index is -5.72. The lowest BCUT2D eigenvalue weighted by molar-refractivity contribution is -0.0500. The number of nitrogens with zero attached hydrogens (tertiary/aromatic N) is 1. The summed E-state index contributed by atoms with van der Waals surface area (Å²) in [5, 5.41) is 0. The Morgan fingerprint density at radius 1 is 1.14 bits per heavy atom. The minimum absolute atomic E-state index is 0.0838. The first-order valence-electron chi connectivity index (χ1n) is 5.98. The van der Waals surface area contributed by atoms with E-state index in [1.54, 1.807) is 0 Å². The molecule has 0 aliphatic carbocycles. The van der Waals surface area contributed by atoms with E-state index in [2.05, 4.69) is 4.18 Å². The normalized spacial score (nSPS) is 17.1. The van der Waals surface area contributed by atoms with E-state index in [4.69, 9.17) is 0 Å². The van der Waals surface area contributed by atoms with E-state index in [1.807, 2.05) is 0 Å². The Kier molecular flexibility index (Phi) is 4.17. The predicted octanol–water partition coefficient (Wildman–Crippen LogP) is 1.23. The number of halogens is 3. The molecule has 1 aromatic rings. The zero-order valence-electron chi connectivity index (χ0n) is 11.3. The number of fused-ring (bicyclic) bond motifs is 1. The van der Waals surface area contributed by atoms with Crippen LogP contribution in [-0.2, 0) is 33.1 Å².